The van der Waals surface area contributed by atoms with Gasteiger partial charge in [0.25, 0.3) is 0 Å². The fourth-order valence-electron chi connectivity index (χ4n) is 1.45. The van der Waals surface area contributed by atoms with Crippen LogP contribution >= 0.6 is 0 Å². The van der Waals surface area contributed by atoms with Crippen molar-refractivity contribution in [1.29, 1.82) is 0 Å². The van der Waals surface area contributed by atoms with Crippen LogP contribution in [0, 0.1) is 5.92 Å². The van der Waals surface area contributed by atoms with Crippen LogP contribution in [0.3, 0.4) is 0 Å². The maximum atomic E-state index is 11.2. The maximum absolute atomic E-state index is 11.2. The summed E-state index contributed by atoms with van der Waals surface area (Å²) in [5, 5.41) is 0. The second-order valence-electron chi connectivity index (χ2n) is 3.60. The van der Waals surface area contributed by atoms with Crippen LogP contribution in [0.25, 0.3) is 5.57 Å². The Labute approximate surface area is 90.6 Å². The lowest BCUT2D eigenvalue weighted by Crippen LogP contribution is -2.12. The van der Waals surface area contributed by atoms with Gasteiger partial charge in [0.05, 0.1) is 13.0 Å². The topological polar surface area (TPSA) is 26.3 Å². The normalized spacial score (nSPS) is 11.9. The molecular weight excluding hydrogens is 188 g/mol. The zero-order valence-electron chi connectivity index (χ0n) is 9.19. The third-order valence-corrected chi connectivity index (χ3v) is 2.34. The number of allylic oxidation sites excluding steroid dienone is 1. The summed E-state index contributed by atoms with van der Waals surface area (Å²) in [5.74, 6) is -0.324. The van der Waals surface area contributed by atoms with Crippen molar-refractivity contribution in [2.45, 2.75) is 13.3 Å². The summed E-state index contributed by atoms with van der Waals surface area (Å²) < 4.78 is 4.67. The molecule has 0 heterocycles. The number of benzene rings is 1. The van der Waals surface area contributed by atoms with Crippen molar-refractivity contribution >= 4 is 11.5 Å². The molecule has 0 saturated heterocycles. The highest BCUT2D eigenvalue weighted by Crippen LogP contribution is 2.20. The molecule has 0 N–H and O–H groups in total. The third kappa shape index (κ3) is 3.24. The molecule has 80 valence electrons. The van der Waals surface area contributed by atoms with Gasteiger partial charge in [0.15, 0.2) is 0 Å². The van der Waals surface area contributed by atoms with Gasteiger partial charge in [0.2, 0.25) is 0 Å². The Kier molecular flexibility index (Phi) is 4.10. The highest BCUT2D eigenvalue weighted by molar-refractivity contribution is 5.75. The molecule has 1 rings (SSSR count). The Bertz CT molecular complexity index is 341. The van der Waals surface area contributed by atoms with E-state index in [4.69, 9.17) is 0 Å². The monoisotopic (exact) mass is 204 g/mol. The number of rotatable bonds is 4. The largest absolute Gasteiger partial charge is 0.469 e. The second kappa shape index (κ2) is 5.35. The maximum Gasteiger partial charge on any atom is 0.308 e. The zero-order chi connectivity index (χ0) is 11.3. The predicted molar refractivity (Wildman–Crippen MR) is 61.3 cm³/mol. The fourth-order valence-corrected chi connectivity index (χ4v) is 1.45. The van der Waals surface area contributed by atoms with Crippen molar-refractivity contribution in [1.82, 2.24) is 0 Å². The number of carbonyl (C=O) groups is 1. The SMILES string of the molecule is C=C(CC(C)C(=O)OC)c1ccccc1. The minimum Gasteiger partial charge on any atom is -0.469 e. The molecule has 1 atom stereocenters. The molecule has 1 aromatic carbocycles. The number of methoxy groups -OCH3 is 1. The third-order valence-electron chi connectivity index (χ3n) is 2.34. The van der Waals surface area contributed by atoms with Crippen LogP contribution in [0.4, 0.5) is 0 Å². The summed E-state index contributed by atoms with van der Waals surface area (Å²) >= 11 is 0. The number of ether oxygens (including phenoxy) is 1. The van der Waals surface area contributed by atoms with E-state index in [2.05, 4.69) is 11.3 Å². The van der Waals surface area contributed by atoms with Gasteiger partial charge in [0.1, 0.15) is 0 Å². The van der Waals surface area contributed by atoms with E-state index in [1.165, 1.54) is 7.11 Å². The van der Waals surface area contributed by atoms with Crippen LogP contribution in [0.2, 0.25) is 0 Å². The number of carbonyl (C=O) groups excluding carboxylic acids is 1. The van der Waals surface area contributed by atoms with Crippen molar-refractivity contribution in [2.24, 2.45) is 5.92 Å². The van der Waals surface area contributed by atoms with E-state index < -0.39 is 0 Å². The minimum atomic E-state index is -0.188. The number of hydrogen-bond donors (Lipinski definition) is 0. The number of esters is 1. The van der Waals surface area contributed by atoms with Gasteiger partial charge in [-0.3, -0.25) is 4.79 Å². The molecule has 1 unspecified atom stereocenters. The van der Waals surface area contributed by atoms with Gasteiger partial charge in [-0.2, -0.15) is 0 Å². The van der Waals surface area contributed by atoms with Gasteiger partial charge in [-0.05, 0) is 17.6 Å². The van der Waals surface area contributed by atoms with E-state index >= 15 is 0 Å². The Hall–Kier alpha value is -1.57. The van der Waals surface area contributed by atoms with Crippen molar-refractivity contribution in [3.63, 3.8) is 0 Å². The van der Waals surface area contributed by atoms with Crippen LogP contribution in [0.5, 0.6) is 0 Å². The van der Waals surface area contributed by atoms with Gasteiger partial charge >= 0.3 is 5.97 Å². The molecule has 0 fully saturated rings. The lowest BCUT2D eigenvalue weighted by molar-refractivity contribution is -0.144. The minimum absolute atomic E-state index is 0.136. The summed E-state index contributed by atoms with van der Waals surface area (Å²) in [6, 6.07) is 9.87. The first-order chi connectivity index (χ1) is 7.15. The Balaban J connectivity index is 2.61. The molecule has 0 radical (unpaired) electrons. The highest BCUT2D eigenvalue weighted by Gasteiger charge is 2.14. The first-order valence-corrected chi connectivity index (χ1v) is 4.96. The smallest absolute Gasteiger partial charge is 0.308 e. The molecule has 1 aromatic rings. The first kappa shape index (κ1) is 11.5. The second-order valence-corrected chi connectivity index (χ2v) is 3.60. The Morgan fingerprint density at radius 1 is 1.40 bits per heavy atom. The van der Waals surface area contributed by atoms with Crippen LogP contribution < -0.4 is 0 Å². The van der Waals surface area contributed by atoms with E-state index in [0.717, 1.165) is 11.1 Å². The van der Waals surface area contributed by atoms with E-state index in [1.807, 2.05) is 37.3 Å². The molecule has 0 amide bonds. The predicted octanol–water partition coefficient (Wildman–Crippen LogP) is 2.90. The quantitative estimate of drug-likeness (QED) is 0.705. The van der Waals surface area contributed by atoms with Crippen molar-refractivity contribution in [2.75, 3.05) is 7.11 Å². The van der Waals surface area contributed by atoms with Crippen molar-refractivity contribution in [3.05, 3.63) is 42.5 Å². The Morgan fingerprint density at radius 3 is 2.53 bits per heavy atom. The summed E-state index contributed by atoms with van der Waals surface area (Å²) in [6.07, 6.45) is 0.636. The average molecular weight is 204 g/mol. The first-order valence-electron chi connectivity index (χ1n) is 4.96. The number of hydrogen-bond acceptors (Lipinski definition) is 2. The molecular formula is C13H16O2. The molecule has 2 heteroatoms. The van der Waals surface area contributed by atoms with Gasteiger partial charge in [-0.1, -0.05) is 43.8 Å². The molecule has 0 bridgehead atoms. The molecule has 0 spiro atoms. The van der Waals surface area contributed by atoms with E-state index in [9.17, 15) is 4.79 Å². The van der Waals surface area contributed by atoms with Gasteiger partial charge < -0.3 is 4.74 Å². The lowest BCUT2D eigenvalue weighted by Gasteiger charge is -2.11. The molecule has 0 aliphatic carbocycles. The summed E-state index contributed by atoms with van der Waals surface area (Å²) in [5.41, 5.74) is 2.04. The highest BCUT2D eigenvalue weighted by atomic mass is 16.5. The molecule has 2 nitrogen and oxygen atoms in total. The lowest BCUT2D eigenvalue weighted by atomic mass is 9.97. The molecule has 0 saturated carbocycles. The van der Waals surface area contributed by atoms with Crippen molar-refractivity contribution in [3.8, 4) is 0 Å². The summed E-state index contributed by atoms with van der Waals surface area (Å²) in [7, 11) is 1.41. The van der Waals surface area contributed by atoms with Crippen LogP contribution in [0.15, 0.2) is 36.9 Å². The standard InChI is InChI=1S/C13H16O2/c1-10(9-11(2)13(14)15-3)12-7-5-4-6-8-12/h4-8,11H,1,9H2,2-3H3. The molecule has 0 aliphatic rings. The van der Waals surface area contributed by atoms with E-state index in [1.54, 1.807) is 0 Å². The summed E-state index contributed by atoms with van der Waals surface area (Å²) in [6.45, 7) is 5.82. The molecule has 0 aliphatic heterocycles. The average Bonchev–Trinajstić information content (AvgIpc) is 2.29. The molecule has 0 aromatic heterocycles. The summed E-state index contributed by atoms with van der Waals surface area (Å²) in [4.78, 5) is 11.2. The van der Waals surface area contributed by atoms with Gasteiger partial charge in [-0.15, -0.1) is 0 Å². The van der Waals surface area contributed by atoms with E-state index in [0.29, 0.717) is 6.42 Å². The van der Waals surface area contributed by atoms with Crippen LogP contribution in [-0.2, 0) is 9.53 Å². The van der Waals surface area contributed by atoms with E-state index in [-0.39, 0.29) is 11.9 Å². The fraction of sp³-hybridized carbons (Fsp3) is 0.308. The zero-order valence-corrected chi connectivity index (χ0v) is 9.19. The van der Waals surface area contributed by atoms with Crippen LogP contribution in [-0.4, -0.2) is 13.1 Å². The van der Waals surface area contributed by atoms with Gasteiger partial charge in [-0.25, -0.2) is 0 Å². The van der Waals surface area contributed by atoms with Crippen LogP contribution in [0.1, 0.15) is 18.9 Å². The Morgan fingerprint density at radius 2 is 2.00 bits per heavy atom. The van der Waals surface area contributed by atoms with Crippen molar-refractivity contribution < 1.29 is 9.53 Å². The van der Waals surface area contributed by atoms with Gasteiger partial charge in [0, 0.05) is 0 Å². The molecule has 15 heavy (non-hydrogen) atoms.